The molecule has 0 fully saturated rings. The van der Waals surface area contributed by atoms with Crippen LogP contribution in [0.3, 0.4) is 0 Å². The van der Waals surface area contributed by atoms with E-state index >= 15 is 0 Å². The molecule has 0 radical (unpaired) electrons. The van der Waals surface area contributed by atoms with Crippen molar-refractivity contribution in [1.82, 2.24) is 0 Å². The zero-order chi connectivity index (χ0) is 10.1. The normalized spacial score (nSPS) is 13.6. The van der Waals surface area contributed by atoms with E-state index in [1.807, 2.05) is 13.8 Å². The summed E-state index contributed by atoms with van der Waals surface area (Å²) in [6.45, 7) is 5.74. The minimum Gasteiger partial charge on any atom is -0.396 e. The molecule has 0 aromatic rings. The van der Waals surface area contributed by atoms with Crippen LogP contribution in [0.2, 0.25) is 0 Å². The summed E-state index contributed by atoms with van der Waals surface area (Å²) in [5.41, 5.74) is 5.60. The van der Waals surface area contributed by atoms with Gasteiger partial charge in [0.1, 0.15) is 0 Å². The summed E-state index contributed by atoms with van der Waals surface area (Å²) in [7, 11) is 0. The molecule has 0 spiro atoms. The Labute approximate surface area is 80.0 Å². The lowest BCUT2D eigenvalue weighted by atomic mass is 10.2. The molecule has 0 aliphatic rings. The van der Waals surface area contributed by atoms with Crippen molar-refractivity contribution in [2.24, 2.45) is 5.73 Å². The van der Waals surface area contributed by atoms with E-state index in [2.05, 4.69) is 0 Å². The molecule has 1 atom stereocenters. The lowest BCUT2D eigenvalue weighted by Gasteiger charge is -2.11. The summed E-state index contributed by atoms with van der Waals surface area (Å²) in [5.74, 6) is 0. The fourth-order valence-electron chi connectivity index (χ4n) is 0.827. The Morgan fingerprint density at radius 3 is 2.54 bits per heavy atom. The van der Waals surface area contributed by atoms with Crippen molar-refractivity contribution in [2.75, 3.05) is 26.4 Å². The van der Waals surface area contributed by atoms with Gasteiger partial charge in [0.2, 0.25) is 0 Å². The molecule has 13 heavy (non-hydrogen) atoms. The number of aliphatic hydroxyl groups excluding tert-OH is 1. The number of aliphatic hydroxyl groups is 1. The second kappa shape index (κ2) is 8.44. The third-order valence-electron chi connectivity index (χ3n) is 1.51. The van der Waals surface area contributed by atoms with Crippen LogP contribution in [0.5, 0.6) is 0 Å². The summed E-state index contributed by atoms with van der Waals surface area (Å²) in [6.07, 6.45) is 0.833. The number of hydrogen-bond donors (Lipinski definition) is 2. The van der Waals surface area contributed by atoms with Crippen molar-refractivity contribution < 1.29 is 14.6 Å². The largest absolute Gasteiger partial charge is 0.396 e. The Morgan fingerprint density at radius 1 is 1.31 bits per heavy atom. The monoisotopic (exact) mass is 191 g/mol. The molecule has 3 N–H and O–H groups in total. The molecule has 80 valence electrons. The first kappa shape index (κ1) is 12.8. The number of ether oxygens (including phenoxy) is 2. The molecule has 0 rings (SSSR count). The Bertz CT molecular complexity index is 109. The Balaban J connectivity index is 3.06. The molecule has 0 aliphatic heterocycles. The van der Waals surface area contributed by atoms with E-state index in [1.165, 1.54) is 0 Å². The Morgan fingerprint density at radius 2 is 2.00 bits per heavy atom. The average Bonchev–Trinajstić information content (AvgIpc) is 2.03. The van der Waals surface area contributed by atoms with Gasteiger partial charge in [0.15, 0.2) is 0 Å². The quantitative estimate of drug-likeness (QED) is 0.536. The van der Waals surface area contributed by atoms with Gasteiger partial charge < -0.3 is 20.3 Å². The van der Waals surface area contributed by atoms with Gasteiger partial charge in [-0.25, -0.2) is 0 Å². The second-order valence-corrected chi connectivity index (χ2v) is 3.27. The first-order valence-electron chi connectivity index (χ1n) is 4.72. The maximum absolute atomic E-state index is 8.55. The van der Waals surface area contributed by atoms with E-state index in [-0.39, 0.29) is 18.8 Å². The molecule has 0 aromatic heterocycles. The minimum absolute atomic E-state index is 0.0657. The van der Waals surface area contributed by atoms with Crippen LogP contribution >= 0.6 is 0 Å². The standard InChI is InChI=1S/C9H21NO3/c1-8(2)13-6-5-12-7-9(10)3-4-11/h8-9,11H,3-7,10H2,1-2H3. The first-order chi connectivity index (χ1) is 6.16. The Kier molecular flexibility index (Phi) is 8.33. The third kappa shape index (κ3) is 9.76. The van der Waals surface area contributed by atoms with E-state index in [0.717, 1.165) is 0 Å². The topological polar surface area (TPSA) is 64.7 Å². The summed E-state index contributed by atoms with van der Waals surface area (Å²) in [6, 6.07) is -0.0657. The molecular formula is C9H21NO3. The highest BCUT2D eigenvalue weighted by molar-refractivity contribution is 4.57. The minimum atomic E-state index is -0.0657. The summed E-state index contributed by atoms with van der Waals surface area (Å²) >= 11 is 0. The fourth-order valence-corrected chi connectivity index (χ4v) is 0.827. The predicted molar refractivity (Wildman–Crippen MR) is 51.6 cm³/mol. The van der Waals surface area contributed by atoms with Crippen LogP contribution in [0, 0.1) is 0 Å². The van der Waals surface area contributed by atoms with Gasteiger partial charge in [0.25, 0.3) is 0 Å². The summed E-state index contributed by atoms with van der Waals surface area (Å²) in [4.78, 5) is 0. The van der Waals surface area contributed by atoms with Crippen LogP contribution in [-0.4, -0.2) is 43.7 Å². The smallest absolute Gasteiger partial charge is 0.0703 e. The maximum Gasteiger partial charge on any atom is 0.0703 e. The molecule has 0 saturated heterocycles. The number of hydrogen-bond acceptors (Lipinski definition) is 4. The predicted octanol–water partition coefficient (Wildman–Crippen LogP) is 0.138. The number of nitrogens with two attached hydrogens (primary N) is 1. The van der Waals surface area contributed by atoms with E-state index in [1.54, 1.807) is 0 Å². The van der Waals surface area contributed by atoms with Crippen LogP contribution in [-0.2, 0) is 9.47 Å². The molecular weight excluding hydrogens is 170 g/mol. The second-order valence-electron chi connectivity index (χ2n) is 3.27. The molecule has 0 aromatic carbocycles. The van der Waals surface area contributed by atoms with Crippen LogP contribution in [0.15, 0.2) is 0 Å². The molecule has 4 heteroatoms. The van der Waals surface area contributed by atoms with Crippen LogP contribution in [0.4, 0.5) is 0 Å². The molecule has 1 unspecified atom stereocenters. The van der Waals surface area contributed by atoms with Crippen molar-refractivity contribution in [3.05, 3.63) is 0 Å². The van der Waals surface area contributed by atoms with Crippen molar-refractivity contribution >= 4 is 0 Å². The highest BCUT2D eigenvalue weighted by atomic mass is 16.5. The molecule has 0 amide bonds. The zero-order valence-electron chi connectivity index (χ0n) is 8.53. The van der Waals surface area contributed by atoms with Crippen molar-refractivity contribution in [2.45, 2.75) is 32.4 Å². The van der Waals surface area contributed by atoms with E-state index in [0.29, 0.717) is 26.2 Å². The Hall–Kier alpha value is -0.160. The highest BCUT2D eigenvalue weighted by Gasteiger charge is 2.01. The highest BCUT2D eigenvalue weighted by Crippen LogP contribution is 1.90. The molecule has 0 heterocycles. The van der Waals surface area contributed by atoms with Gasteiger partial charge in [-0.15, -0.1) is 0 Å². The van der Waals surface area contributed by atoms with Gasteiger partial charge in [-0.1, -0.05) is 0 Å². The summed E-state index contributed by atoms with van der Waals surface area (Å²) in [5, 5.41) is 8.55. The van der Waals surface area contributed by atoms with Crippen molar-refractivity contribution in [1.29, 1.82) is 0 Å². The van der Waals surface area contributed by atoms with Crippen molar-refractivity contribution in [3.8, 4) is 0 Å². The van der Waals surface area contributed by atoms with Crippen LogP contribution in [0.1, 0.15) is 20.3 Å². The van der Waals surface area contributed by atoms with Crippen LogP contribution in [0.25, 0.3) is 0 Å². The molecule has 4 nitrogen and oxygen atoms in total. The zero-order valence-corrected chi connectivity index (χ0v) is 8.53. The average molecular weight is 191 g/mol. The van der Waals surface area contributed by atoms with Gasteiger partial charge in [0, 0.05) is 12.6 Å². The van der Waals surface area contributed by atoms with Gasteiger partial charge in [-0.3, -0.25) is 0 Å². The van der Waals surface area contributed by atoms with Crippen molar-refractivity contribution in [3.63, 3.8) is 0 Å². The van der Waals surface area contributed by atoms with E-state index in [9.17, 15) is 0 Å². The van der Waals surface area contributed by atoms with Crippen LogP contribution < -0.4 is 5.73 Å². The lowest BCUT2D eigenvalue weighted by Crippen LogP contribution is -2.28. The maximum atomic E-state index is 8.55. The van der Waals surface area contributed by atoms with E-state index < -0.39 is 0 Å². The van der Waals surface area contributed by atoms with E-state index in [4.69, 9.17) is 20.3 Å². The molecule has 0 saturated carbocycles. The first-order valence-corrected chi connectivity index (χ1v) is 4.72. The SMILES string of the molecule is CC(C)OCCOCC(N)CCO. The van der Waals surface area contributed by atoms with Gasteiger partial charge in [-0.2, -0.15) is 0 Å². The third-order valence-corrected chi connectivity index (χ3v) is 1.51. The fraction of sp³-hybridized carbons (Fsp3) is 1.00. The summed E-state index contributed by atoms with van der Waals surface area (Å²) < 4.78 is 10.5. The van der Waals surface area contributed by atoms with Gasteiger partial charge >= 0.3 is 0 Å². The molecule has 0 aliphatic carbocycles. The molecule has 0 bridgehead atoms. The lowest BCUT2D eigenvalue weighted by molar-refractivity contribution is 0.0149. The van der Waals surface area contributed by atoms with Gasteiger partial charge in [-0.05, 0) is 20.3 Å². The van der Waals surface area contributed by atoms with Gasteiger partial charge in [0.05, 0.1) is 25.9 Å². The number of rotatable bonds is 8.